The Labute approximate surface area is 102 Å². The molecule has 0 spiro atoms. The van der Waals surface area contributed by atoms with Gasteiger partial charge in [-0.05, 0) is 6.42 Å². The molecule has 1 fully saturated rings. The van der Waals surface area contributed by atoms with E-state index in [0.717, 1.165) is 31.8 Å². The van der Waals surface area contributed by atoms with Crippen LogP contribution in [0.15, 0.2) is 12.5 Å². The number of hydrogen-bond donors (Lipinski definition) is 1. The summed E-state index contributed by atoms with van der Waals surface area (Å²) in [5.41, 5.74) is 1.14. The van der Waals surface area contributed by atoms with Crippen molar-refractivity contribution in [1.29, 1.82) is 0 Å². The largest absolute Gasteiger partial charge is 0.383 e. The molecule has 0 aromatic carbocycles. The van der Waals surface area contributed by atoms with Crippen LogP contribution in [-0.2, 0) is 9.47 Å². The fourth-order valence-corrected chi connectivity index (χ4v) is 2.21. The minimum atomic E-state index is 0.108. The van der Waals surface area contributed by atoms with Crippen LogP contribution in [0.25, 0.3) is 0 Å². The van der Waals surface area contributed by atoms with Crippen molar-refractivity contribution in [2.45, 2.75) is 25.5 Å². The molecule has 0 bridgehead atoms. The van der Waals surface area contributed by atoms with Gasteiger partial charge in [0.15, 0.2) is 0 Å². The highest BCUT2D eigenvalue weighted by atomic mass is 16.5. The SMILES string of the molecule is CCC(COC)n1cncc1C1CNCCO1. The van der Waals surface area contributed by atoms with Crippen molar-refractivity contribution in [3.63, 3.8) is 0 Å². The van der Waals surface area contributed by atoms with Gasteiger partial charge >= 0.3 is 0 Å². The number of rotatable bonds is 5. The van der Waals surface area contributed by atoms with Gasteiger partial charge in [-0.15, -0.1) is 0 Å². The first kappa shape index (κ1) is 12.5. The van der Waals surface area contributed by atoms with E-state index in [1.807, 2.05) is 12.5 Å². The minimum Gasteiger partial charge on any atom is -0.383 e. The molecule has 1 aromatic heterocycles. The third-order valence-electron chi connectivity index (χ3n) is 3.18. The molecule has 1 aromatic rings. The standard InChI is InChI=1S/C12H21N3O2/c1-3-10(8-16-2)15-9-14-6-11(15)12-7-13-4-5-17-12/h6,9-10,12-13H,3-5,7-8H2,1-2H3. The van der Waals surface area contributed by atoms with E-state index in [4.69, 9.17) is 9.47 Å². The Kier molecular flexibility index (Phi) is 4.53. The van der Waals surface area contributed by atoms with Crippen LogP contribution in [0.3, 0.4) is 0 Å². The molecule has 0 radical (unpaired) electrons. The lowest BCUT2D eigenvalue weighted by molar-refractivity contribution is 0.0205. The number of hydrogen-bond acceptors (Lipinski definition) is 4. The van der Waals surface area contributed by atoms with Crippen LogP contribution in [0.2, 0.25) is 0 Å². The molecule has 2 rings (SSSR count). The second kappa shape index (κ2) is 6.14. The summed E-state index contributed by atoms with van der Waals surface area (Å²) in [5, 5.41) is 3.34. The van der Waals surface area contributed by atoms with Crippen LogP contribution in [0, 0.1) is 0 Å². The predicted molar refractivity (Wildman–Crippen MR) is 65.0 cm³/mol. The number of aromatic nitrogens is 2. The Bertz CT molecular complexity index is 315. The lowest BCUT2D eigenvalue weighted by atomic mass is 10.2. The van der Waals surface area contributed by atoms with Gasteiger partial charge in [0.2, 0.25) is 0 Å². The number of methoxy groups -OCH3 is 1. The maximum atomic E-state index is 5.77. The van der Waals surface area contributed by atoms with E-state index in [1.165, 1.54) is 0 Å². The van der Waals surface area contributed by atoms with Crippen molar-refractivity contribution in [3.05, 3.63) is 18.2 Å². The first-order valence-corrected chi connectivity index (χ1v) is 6.19. The molecule has 2 unspecified atom stereocenters. The normalized spacial score (nSPS) is 22.6. The molecule has 1 saturated heterocycles. The molecule has 0 amide bonds. The van der Waals surface area contributed by atoms with Crippen molar-refractivity contribution in [2.24, 2.45) is 0 Å². The second-order valence-corrected chi connectivity index (χ2v) is 4.31. The van der Waals surface area contributed by atoms with Gasteiger partial charge in [-0.25, -0.2) is 4.98 Å². The number of imidazole rings is 1. The van der Waals surface area contributed by atoms with E-state index in [2.05, 4.69) is 21.8 Å². The van der Waals surface area contributed by atoms with Gasteiger partial charge in [-0.1, -0.05) is 6.92 Å². The highest BCUT2D eigenvalue weighted by Gasteiger charge is 2.22. The fourth-order valence-electron chi connectivity index (χ4n) is 2.21. The van der Waals surface area contributed by atoms with Crippen LogP contribution < -0.4 is 5.32 Å². The molecule has 5 heteroatoms. The van der Waals surface area contributed by atoms with Gasteiger partial charge in [-0.2, -0.15) is 0 Å². The zero-order chi connectivity index (χ0) is 12.1. The van der Waals surface area contributed by atoms with Crippen molar-refractivity contribution in [3.8, 4) is 0 Å². The monoisotopic (exact) mass is 239 g/mol. The van der Waals surface area contributed by atoms with Crippen molar-refractivity contribution in [1.82, 2.24) is 14.9 Å². The second-order valence-electron chi connectivity index (χ2n) is 4.31. The molecule has 1 N–H and O–H groups in total. The summed E-state index contributed by atoms with van der Waals surface area (Å²) in [6.45, 7) is 5.42. The maximum absolute atomic E-state index is 5.77. The lowest BCUT2D eigenvalue weighted by Gasteiger charge is -2.27. The Hall–Kier alpha value is -0.910. The summed E-state index contributed by atoms with van der Waals surface area (Å²) < 4.78 is 13.2. The molecular formula is C12H21N3O2. The van der Waals surface area contributed by atoms with Crippen LogP contribution in [0.1, 0.15) is 31.2 Å². The van der Waals surface area contributed by atoms with E-state index < -0.39 is 0 Å². The number of ether oxygens (including phenoxy) is 2. The quantitative estimate of drug-likeness (QED) is 0.837. The summed E-state index contributed by atoms with van der Waals surface area (Å²) in [4.78, 5) is 4.25. The third-order valence-corrected chi connectivity index (χ3v) is 3.18. The lowest BCUT2D eigenvalue weighted by Crippen LogP contribution is -2.34. The van der Waals surface area contributed by atoms with Crippen LogP contribution in [-0.4, -0.2) is 43.0 Å². The smallest absolute Gasteiger partial charge is 0.111 e. The predicted octanol–water partition coefficient (Wildman–Crippen LogP) is 1.14. The van der Waals surface area contributed by atoms with E-state index in [-0.39, 0.29) is 6.10 Å². The first-order valence-electron chi connectivity index (χ1n) is 6.19. The summed E-state index contributed by atoms with van der Waals surface area (Å²) in [6, 6.07) is 0.336. The number of morpholine rings is 1. The van der Waals surface area contributed by atoms with Crippen molar-refractivity contribution in [2.75, 3.05) is 33.4 Å². The van der Waals surface area contributed by atoms with E-state index in [9.17, 15) is 0 Å². The van der Waals surface area contributed by atoms with Gasteiger partial charge in [0.1, 0.15) is 6.10 Å². The van der Waals surface area contributed by atoms with E-state index >= 15 is 0 Å². The van der Waals surface area contributed by atoms with Crippen molar-refractivity contribution >= 4 is 0 Å². The molecule has 0 aliphatic carbocycles. The Morgan fingerprint density at radius 2 is 2.59 bits per heavy atom. The average Bonchev–Trinajstić information content (AvgIpc) is 2.86. The van der Waals surface area contributed by atoms with Crippen LogP contribution >= 0.6 is 0 Å². The summed E-state index contributed by atoms with van der Waals surface area (Å²) >= 11 is 0. The first-order chi connectivity index (χ1) is 8.36. The van der Waals surface area contributed by atoms with Gasteiger partial charge in [0.25, 0.3) is 0 Å². The molecule has 2 heterocycles. The number of nitrogens with zero attached hydrogens (tertiary/aromatic N) is 2. The summed E-state index contributed by atoms with van der Waals surface area (Å²) in [7, 11) is 1.73. The maximum Gasteiger partial charge on any atom is 0.111 e. The highest BCUT2D eigenvalue weighted by molar-refractivity contribution is 5.06. The van der Waals surface area contributed by atoms with Gasteiger partial charge < -0.3 is 19.4 Å². The van der Waals surface area contributed by atoms with Gasteiger partial charge in [0, 0.05) is 20.2 Å². The van der Waals surface area contributed by atoms with E-state index in [1.54, 1.807) is 7.11 Å². The molecule has 0 saturated carbocycles. The molecule has 96 valence electrons. The van der Waals surface area contributed by atoms with Crippen LogP contribution in [0.5, 0.6) is 0 Å². The average molecular weight is 239 g/mol. The minimum absolute atomic E-state index is 0.108. The summed E-state index contributed by atoms with van der Waals surface area (Å²) in [5.74, 6) is 0. The molecule has 1 aliphatic heterocycles. The van der Waals surface area contributed by atoms with Gasteiger partial charge in [0.05, 0.1) is 37.5 Å². The Morgan fingerprint density at radius 1 is 1.71 bits per heavy atom. The number of nitrogens with one attached hydrogen (secondary N) is 1. The van der Waals surface area contributed by atoms with Crippen LogP contribution in [0.4, 0.5) is 0 Å². The fraction of sp³-hybridized carbons (Fsp3) is 0.750. The molecular weight excluding hydrogens is 218 g/mol. The summed E-state index contributed by atoms with van der Waals surface area (Å²) in [6.07, 6.45) is 4.91. The van der Waals surface area contributed by atoms with Crippen molar-refractivity contribution < 1.29 is 9.47 Å². The molecule has 5 nitrogen and oxygen atoms in total. The molecule has 1 aliphatic rings. The van der Waals surface area contributed by atoms with E-state index in [0.29, 0.717) is 12.6 Å². The Morgan fingerprint density at radius 3 is 3.24 bits per heavy atom. The van der Waals surface area contributed by atoms with Gasteiger partial charge in [-0.3, -0.25) is 0 Å². The topological polar surface area (TPSA) is 48.3 Å². The molecule has 17 heavy (non-hydrogen) atoms. The molecule has 2 atom stereocenters. The third kappa shape index (κ3) is 2.86. The highest BCUT2D eigenvalue weighted by Crippen LogP contribution is 2.23. The zero-order valence-corrected chi connectivity index (χ0v) is 10.6. The zero-order valence-electron chi connectivity index (χ0n) is 10.6. The Balaban J connectivity index is 2.14.